The number of benzene rings is 2. The first kappa shape index (κ1) is 48.1. The van der Waals surface area contributed by atoms with Crippen LogP contribution < -0.4 is 49.1 Å². The minimum absolute atomic E-state index is 0.0600. The van der Waals surface area contributed by atoms with Crippen LogP contribution in [-0.2, 0) is 46.4 Å². The van der Waals surface area contributed by atoms with Gasteiger partial charge in [-0.15, -0.1) is 0 Å². The molecule has 0 aliphatic rings. The molecule has 0 unspecified atom stereocenters. The molecule has 0 spiro atoms. The number of hydrogen-bond acceptors (Lipinski definition) is 12. The topological polar surface area (TPSA) is 359 Å². The summed E-state index contributed by atoms with van der Waals surface area (Å²) in [6.45, 7) is -0.376. The van der Waals surface area contributed by atoms with Gasteiger partial charge in [0.2, 0.25) is 35.4 Å². The molecule has 0 saturated carbocycles. The third-order valence-electron chi connectivity index (χ3n) is 9.06. The molecule has 0 aliphatic heterocycles. The molecule has 16 N–H and O–H groups in total. The van der Waals surface area contributed by atoms with Crippen LogP contribution in [0.15, 0.2) is 65.8 Å². The number of fused-ring (bicyclic) bond motifs is 1. The summed E-state index contributed by atoms with van der Waals surface area (Å²) < 4.78 is 0. The summed E-state index contributed by atoms with van der Waals surface area (Å²) >= 11 is 4.09. The lowest BCUT2D eigenvalue weighted by Crippen LogP contribution is -2.60. The van der Waals surface area contributed by atoms with Gasteiger partial charge < -0.3 is 69.4 Å². The number of aliphatic hydroxyl groups excluding tert-OH is 2. The number of nitrogens with one attached hydrogen (secondary N) is 7. The van der Waals surface area contributed by atoms with Crippen LogP contribution in [-0.4, -0.2) is 135 Å². The number of carboxylic acids is 1. The maximum Gasteiger partial charge on any atom is 0.326 e. The number of nitrogens with two attached hydrogens (primary N) is 3. The summed E-state index contributed by atoms with van der Waals surface area (Å²) in [5.74, 6) is -7.23. The minimum Gasteiger partial charge on any atom is -0.480 e. The summed E-state index contributed by atoms with van der Waals surface area (Å²) in [6, 6.07) is 7.76. The zero-order valence-corrected chi connectivity index (χ0v) is 33.7. The maximum absolute atomic E-state index is 13.5. The Morgan fingerprint density at radius 2 is 1.42 bits per heavy atom. The Balaban J connectivity index is 1.59. The van der Waals surface area contributed by atoms with Crippen molar-refractivity contribution in [2.75, 3.05) is 25.4 Å². The molecule has 1 heterocycles. The molecule has 22 heteroatoms. The molecular weight excluding hydrogens is 803 g/mol. The second-order valence-corrected chi connectivity index (χ2v) is 14.1. The highest BCUT2D eigenvalue weighted by atomic mass is 32.1. The first-order valence-electron chi connectivity index (χ1n) is 18.9. The minimum atomic E-state index is -1.63. The number of nitrogens with zero attached hydrogens (tertiary/aromatic N) is 1. The van der Waals surface area contributed by atoms with Gasteiger partial charge in [0, 0.05) is 35.8 Å². The molecule has 2 aromatic carbocycles. The number of guanidine groups is 1. The number of aliphatic carboxylic acids is 1. The van der Waals surface area contributed by atoms with E-state index in [1.165, 1.54) is 6.92 Å². The third kappa shape index (κ3) is 15.2. The van der Waals surface area contributed by atoms with Crippen molar-refractivity contribution in [3.63, 3.8) is 0 Å². The molecule has 7 atom stereocenters. The number of amides is 6. The molecule has 3 rings (SSSR count). The molecule has 0 aliphatic carbocycles. The Hall–Kier alpha value is -6.23. The molecule has 60 heavy (non-hydrogen) atoms. The molecular formula is C38H53N11O10S. The summed E-state index contributed by atoms with van der Waals surface area (Å²) in [4.78, 5) is 97.5. The monoisotopic (exact) mass is 855 g/mol. The molecule has 0 bridgehead atoms. The predicted octanol–water partition coefficient (Wildman–Crippen LogP) is -3.74. The van der Waals surface area contributed by atoms with Crippen molar-refractivity contribution in [1.29, 1.82) is 0 Å². The quantitative estimate of drug-likeness (QED) is 0.0179. The Labute approximate surface area is 350 Å². The fourth-order valence-electron chi connectivity index (χ4n) is 5.85. The number of H-pyrrole nitrogens is 1. The van der Waals surface area contributed by atoms with Crippen LogP contribution in [0, 0.1) is 0 Å². The van der Waals surface area contributed by atoms with Gasteiger partial charge in [0.05, 0.1) is 25.3 Å². The molecule has 0 fully saturated rings. The van der Waals surface area contributed by atoms with Gasteiger partial charge in [-0.25, -0.2) is 4.79 Å². The van der Waals surface area contributed by atoms with Crippen molar-refractivity contribution in [2.45, 2.75) is 75.0 Å². The van der Waals surface area contributed by atoms with Crippen molar-refractivity contribution in [3.8, 4) is 0 Å². The summed E-state index contributed by atoms with van der Waals surface area (Å²) in [5, 5.41) is 45.1. The lowest BCUT2D eigenvalue weighted by Gasteiger charge is -2.25. The zero-order valence-electron chi connectivity index (χ0n) is 32.8. The van der Waals surface area contributed by atoms with Crippen LogP contribution >= 0.6 is 12.6 Å². The highest BCUT2D eigenvalue weighted by Crippen LogP contribution is 2.19. The van der Waals surface area contributed by atoms with Crippen molar-refractivity contribution in [2.24, 2.45) is 22.2 Å². The molecule has 21 nitrogen and oxygen atoms in total. The summed E-state index contributed by atoms with van der Waals surface area (Å²) in [5.41, 5.74) is 18.9. The number of carbonyl (C=O) groups is 7. The van der Waals surface area contributed by atoms with Gasteiger partial charge in [0.15, 0.2) is 5.96 Å². The number of hydrogen-bond donors (Lipinski definition) is 14. The number of para-hydroxylation sites is 1. The van der Waals surface area contributed by atoms with Gasteiger partial charge in [-0.1, -0.05) is 48.5 Å². The fourth-order valence-corrected chi connectivity index (χ4v) is 6.11. The van der Waals surface area contributed by atoms with Crippen LogP contribution in [0.25, 0.3) is 10.9 Å². The summed E-state index contributed by atoms with van der Waals surface area (Å²) in [6.07, 6.45) is 0.371. The number of carboxylic acid groups (broad SMARTS) is 1. The van der Waals surface area contributed by atoms with Gasteiger partial charge in [0.1, 0.15) is 30.2 Å². The van der Waals surface area contributed by atoms with Crippen LogP contribution in [0.5, 0.6) is 0 Å². The summed E-state index contributed by atoms with van der Waals surface area (Å²) in [7, 11) is 0. The fraction of sp³-hybridized carbons (Fsp3) is 0.421. The molecule has 1 aromatic heterocycles. The third-order valence-corrected chi connectivity index (χ3v) is 9.43. The van der Waals surface area contributed by atoms with Crippen LogP contribution in [0.4, 0.5) is 0 Å². The highest BCUT2D eigenvalue weighted by Gasteiger charge is 2.32. The predicted molar refractivity (Wildman–Crippen MR) is 223 cm³/mol. The van der Waals surface area contributed by atoms with Crippen LogP contribution in [0.2, 0.25) is 0 Å². The Kier molecular flexibility index (Phi) is 19.3. The number of aromatic nitrogens is 1. The Bertz CT molecular complexity index is 1980. The maximum atomic E-state index is 13.5. The van der Waals surface area contributed by atoms with E-state index in [1.54, 1.807) is 54.7 Å². The van der Waals surface area contributed by atoms with Crippen molar-refractivity contribution < 1.29 is 48.9 Å². The van der Waals surface area contributed by atoms with E-state index >= 15 is 0 Å². The van der Waals surface area contributed by atoms with Crippen molar-refractivity contribution in [1.82, 2.24) is 36.9 Å². The van der Waals surface area contributed by atoms with E-state index in [4.69, 9.17) is 17.2 Å². The highest BCUT2D eigenvalue weighted by molar-refractivity contribution is 7.80. The number of carbonyl (C=O) groups excluding carboxylic acids is 6. The van der Waals surface area contributed by atoms with E-state index in [2.05, 4.69) is 54.5 Å². The lowest BCUT2D eigenvalue weighted by molar-refractivity contribution is -0.142. The average molecular weight is 856 g/mol. The SMILES string of the molecule is C[C@@H](O)[C@H](NC(=O)[C@@H](N)Cc1ccccc1)C(=O)N[C@@H](CS)C(=O)NCC(=O)N[C@@H](CO)C(=O)N[C@@H](CCCN=C(N)N)C(=O)N[C@@H](Cc1c[nH]c2ccccc12)C(=O)O. The second kappa shape index (κ2) is 24.0. The molecule has 3 aromatic rings. The standard InChI is InChI=1S/C38H53N11O10S/c1-20(51)31(49-32(53)24(39)14-21-8-3-2-4-9-21)36(57)48-29(19-60)33(54)44-17-30(52)45-28(18-50)35(56)46-26(12-7-13-42-38(40)41)34(55)47-27(37(58)59)15-22-16-43-25-11-6-5-10-23(22)25/h2-6,8-11,16,20,24,26-29,31,43,50-51,60H,7,12-15,17-19,39H2,1H3,(H,44,54)(H,45,52)(H,46,56)(H,47,55)(H,48,57)(H,49,53)(H,58,59)(H4,40,41,42)/t20-,24+,26+,27+,28+,29+,31+/m1/s1. The zero-order chi connectivity index (χ0) is 44.4. The smallest absolute Gasteiger partial charge is 0.326 e. The van der Waals surface area contributed by atoms with E-state index < -0.39 is 96.9 Å². The van der Waals surface area contributed by atoms with Crippen molar-refractivity contribution >= 4 is 70.9 Å². The van der Waals surface area contributed by atoms with Gasteiger partial charge in [-0.05, 0) is 43.4 Å². The number of aromatic amines is 1. The van der Waals surface area contributed by atoms with Gasteiger partial charge in [0.25, 0.3) is 0 Å². The van der Waals surface area contributed by atoms with Crippen LogP contribution in [0.1, 0.15) is 30.9 Å². The number of aliphatic imine (C=N–C) groups is 1. The average Bonchev–Trinajstić information content (AvgIpc) is 3.63. The normalized spacial score (nSPS) is 14.5. The second-order valence-electron chi connectivity index (χ2n) is 13.8. The Morgan fingerprint density at radius 3 is 2.05 bits per heavy atom. The van der Waals surface area contributed by atoms with Crippen LogP contribution in [0.3, 0.4) is 0 Å². The van der Waals surface area contributed by atoms with Gasteiger partial charge in [-0.3, -0.25) is 33.8 Å². The van der Waals surface area contributed by atoms with E-state index in [9.17, 15) is 48.9 Å². The lowest BCUT2D eigenvalue weighted by atomic mass is 10.0. The van der Waals surface area contributed by atoms with Crippen molar-refractivity contribution in [3.05, 3.63) is 71.9 Å². The van der Waals surface area contributed by atoms with E-state index in [-0.39, 0.29) is 43.9 Å². The van der Waals surface area contributed by atoms with Gasteiger partial charge in [-0.2, -0.15) is 12.6 Å². The first-order valence-corrected chi connectivity index (χ1v) is 19.5. The Morgan fingerprint density at radius 1 is 0.783 bits per heavy atom. The first-order chi connectivity index (χ1) is 28.5. The number of thiol groups is 1. The van der Waals surface area contributed by atoms with E-state index in [0.717, 1.165) is 16.5 Å². The number of rotatable bonds is 24. The molecule has 0 radical (unpaired) electrons. The molecule has 326 valence electrons. The van der Waals surface area contributed by atoms with E-state index in [1.807, 2.05) is 6.07 Å². The molecule has 6 amide bonds. The largest absolute Gasteiger partial charge is 0.480 e. The molecule has 0 saturated heterocycles. The number of aliphatic hydroxyl groups is 2. The van der Waals surface area contributed by atoms with E-state index in [0.29, 0.717) is 5.56 Å². The van der Waals surface area contributed by atoms with Gasteiger partial charge >= 0.3 is 5.97 Å².